The van der Waals surface area contributed by atoms with E-state index in [2.05, 4.69) is 65.5 Å². The van der Waals surface area contributed by atoms with Gasteiger partial charge in [-0.25, -0.2) is 4.79 Å². The van der Waals surface area contributed by atoms with Crippen LogP contribution >= 0.6 is 0 Å². The van der Waals surface area contributed by atoms with Gasteiger partial charge in [0.05, 0.1) is 6.61 Å². The number of hydrogen-bond donors (Lipinski definition) is 0. The summed E-state index contributed by atoms with van der Waals surface area (Å²) in [7, 11) is 0.824. The molecule has 0 unspecified atom stereocenters. The molecule has 0 rings (SSSR count). The molecule has 0 aromatic carbocycles. The smallest absolute Gasteiger partial charge is 0.462 e. The highest BCUT2D eigenvalue weighted by atomic mass is 28.4. The Morgan fingerprint density at radius 3 is 1.26 bits per heavy atom. The molecular formula is C24H60O9Si5. The molecule has 0 spiro atoms. The lowest BCUT2D eigenvalue weighted by atomic mass is 10.4. The Bertz CT molecular complexity index is 632. The minimum atomic E-state index is -2.69. The van der Waals surface area contributed by atoms with Crippen LogP contribution in [0.5, 0.6) is 0 Å². The second-order valence-electron chi connectivity index (χ2n) is 11.7. The van der Waals surface area contributed by atoms with Gasteiger partial charge in [-0.15, -0.1) is 0 Å². The van der Waals surface area contributed by atoms with Crippen molar-refractivity contribution >= 4 is 48.3 Å². The van der Waals surface area contributed by atoms with E-state index in [1.54, 1.807) is 14.0 Å². The van der Waals surface area contributed by atoms with E-state index in [-0.39, 0.29) is 5.97 Å². The summed E-state index contributed by atoms with van der Waals surface area (Å²) < 4.78 is 41.9. The van der Waals surface area contributed by atoms with Crippen LogP contribution in [-0.2, 0) is 40.2 Å². The molecule has 0 saturated heterocycles. The predicted molar refractivity (Wildman–Crippen MR) is 169 cm³/mol. The molecule has 0 aliphatic rings. The van der Waals surface area contributed by atoms with E-state index in [4.69, 9.17) is 35.4 Å². The Balaban J connectivity index is -0.000000665. The van der Waals surface area contributed by atoms with Crippen molar-refractivity contribution in [1.82, 2.24) is 0 Å². The topological polar surface area (TPSA) is 90.9 Å². The van der Waals surface area contributed by atoms with E-state index in [0.29, 0.717) is 12.2 Å². The summed E-state index contributed by atoms with van der Waals surface area (Å²) in [6.07, 6.45) is 0.862. The first kappa shape index (κ1) is 42.5. The lowest BCUT2D eigenvalue weighted by Crippen LogP contribution is -2.45. The molecule has 9 nitrogen and oxygen atoms in total. The van der Waals surface area contributed by atoms with Crippen molar-refractivity contribution in [2.45, 2.75) is 90.4 Å². The lowest BCUT2D eigenvalue weighted by Gasteiger charge is -2.35. The van der Waals surface area contributed by atoms with Crippen LogP contribution in [0.3, 0.4) is 0 Å². The average Bonchev–Trinajstić information content (AvgIpc) is 2.82. The maximum atomic E-state index is 11.4. The molecule has 0 radical (unpaired) electrons. The SMILES string of the molecule is C=C(C)C(=O)OCCC[Si](C)(C)O[Si](C)(C)CC[Si](C)(C)OC.CO[Si](C)(C)C.CO[Si](OC)(OC)OC. The van der Waals surface area contributed by atoms with Crippen LogP contribution in [0.25, 0.3) is 0 Å². The molecule has 0 heterocycles. The quantitative estimate of drug-likeness (QED) is 0.0847. The standard InChI is InChI=1S/C16H36O4Si3.C4H12O4Si.C4H12OSi/c1-15(2)16(17)19-11-10-12-22(6,7)20-23(8,9)14-13-21(4,5)18-3;1-5-9(6-2,7-3)8-4;1-5-6(2,3)4/h1,10-14H2,2-9H3;1-4H3;1-4H3. The Morgan fingerprint density at radius 2 is 0.974 bits per heavy atom. The minimum absolute atomic E-state index is 0.299. The first-order valence-corrected chi connectivity index (χ1v) is 27.3. The highest BCUT2D eigenvalue weighted by Crippen LogP contribution is 2.27. The summed E-state index contributed by atoms with van der Waals surface area (Å²) in [5, 5.41) is 0. The van der Waals surface area contributed by atoms with Crippen molar-refractivity contribution < 1.29 is 40.2 Å². The molecule has 38 heavy (non-hydrogen) atoms. The molecule has 14 heteroatoms. The normalized spacial score (nSPS) is 12.6. The molecule has 0 atom stereocenters. The van der Waals surface area contributed by atoms with Gasteiger partial charge in [0.15, 0.2) is 33.3 Å². The average molecular weight is 633 g/mol. The van der Waals surface area contributed by atoms with Crippen molar-refractivity contribution in [3.8, 4) is 0 Å². The van der Waals surface area contributed by atoms with Gasteiger partial charge < -0.3 is 35.4 Å². The van der Waals surface area contributed by atoms with Crippen LogP contribution in [0, 0.1) is 0 Å². The van der Waals surface area contributed by atoms with Gasteiger partial charge in [0.25, 0.3) is 0 Å². The molecule has 0 aliphatic carbocycles. The van der Waals surface area contributed by atoms with Crippen LogP contribution in [-0.4, -0.2) is 97.6 Å². The fourth-order valence-corrected chi connectivity index (χ4v) is 16.7. The van der Waals surface area contributed by atoms with E-state index in [1.807, 2.05) is 7.11 Å². The van der Waals surface area contributed by atoms with Crippen LogP contribution in [0.4, 0.5) is 0 Å². The van der Waals surface area contributed by atoms with Gasteiger partial charge in [-0.1, -0.05) is 6.58 Å². The van der Waals surface area contributed by atoms with Gasteiger partial charge in [-0.2, -0.15) is 0 Å². The highest BCUT2D eigenvalue weighted by Gasteiger charge is 2.40. The van der Waals surface area contributed by atoms with Crippen molar-refractivity contribution in [3.63, 3.8) is 0 Å². The number of rotatable bonds is 16. The molecule has 0 N–H and O–H groups in total. The lowest BCUT2D eigenvalue weighted by molar-refractivity contribution is -0.138. The second kappa shape index (κ2) is 20.0. The summed E-state index contributed by atoms with van der Waals surface area (Å²) in [4.78, 5) is 11.4. The minimum Gasteiger partial charge on any atom is -0.462 e. The fraction of sp³-hybridized carbons (Fsp3) is 0.875. The monoisotopic (exact) mass is 632 g/mol. The van der Waals surface area contributed by atoms with Gasteiger partial charge in [-0.05, 0) is 90.4 Å². The maximum Gasteiger partial charge on any atom is 0.678 e. The summed E-state index contributed by atoms with van der Waals surface area (Å²) >= 11 is 0. The van der Waals surface area contributed by atoms with Gasteiger partial charge in [0, 0.05) is 48.2 Å². The molecule has 0 bridgehead atoms. The fourth-order valence-electron chi connectivity index (χ4n) is 2.84. The first-order chi connectivity index (χ1) is 17.1. The molecule has 0 aromatic heterocycles. The van der Waals surface area contributed by atoms with Crippen LogP contribution in [0.1, 0.15) is 13.3 Å². The summed E-state index contributed by atoms with van der Waals surface area (Å²) in [6, 6.07) is 3.32. The molecule has 230 valence electrons. The van der Waals surface area contributed by atoms with E-state index < -0.39 is 42.3 Å². The molecule has 0 aromatic rings. The van der Waals surface area contributed by atoms with E-state index in [0.717, 1.165) is 24.6 Å². The Kier molecular flexibility index (Phi) is 22.3. The maximum absolute atomic E-state index is 11.4. The van der Waals surface area contributed by atoms with E-state index in [9.17, 15) is 4.79 Å². The molecular weight excluding hydrogens is 573 g/mol. The Hall–Kier alpha value is 0.0144. The van der Waals surface area contributed by atoms with Crippen LogP contribution in [0.15, 0.2) is 12.2 Å². The van der Waals surface area contributed by atoms with Gasteiger partial charge >= 0.3 is 15.0 Å². The summed E-state index contributed by atoms with van der Waals surface area (Å²) in [5.41, 5.74) is 0.455. The third kappa shape index (κ3) is 23.9. The predicted octanol–water partition coefficient (Wildman–Crippen LogP) is 6.25. The number of carbonyl (C=O) groups is 1. The van der Waals surface area contributed by atoms with E-state index in [1.165, 1.54) is 28.4 Å². The summed E-state index contributed by atoms with van der Waals surface area (Å²) in [5.74, 6) is -0.299. The zero-order valence-corrected chi connectivity index (χ0v) is 32.4. The molecule has 0 amide bonds. The second-order valence-corrected chi connectivity index (χ2v) is 32.3. The van der Waals surface area contributed by atoms with Gasteiger partial charge in [0.2, 0.25) is 0 Å². The Labute approximate surface area is 239 Å². The zero-order chi connectivity index (χ0) is 30.8. The van der Waals surface area contributed by atoms with E-state index >= 15 is 0 Å². The van der Waals surface area contributed by atoms with Crippen LogP contribution < -0.4 is 0 Å². The van der Waals surface area contributed by atoms with Crippen molar-refractivity contribution in [3.05, 3.63) is 12.2 Å². The number of esters is 1. The molecule has 0 aliphatic heterocycles. The first-order valence-electron chi connectivity index (χ1n) is 12.9. The third-order valence-electron chi connectivity index (χ3n) is 5.55. The van der Waals surface area contributed by atoms with Gasteiger partial charge in [-0.3, -0.25) is 0 Å². The van der Waals surface area contributed by atoms with Crippen LogP contribution in [0.2, 0.25) is 77.1 Å². The Morgan fingerprint density at radius 1 is 0.605 bits per heavy atom. The van der Waals surface area contributed by atoms with Crippen molar-refractivity contribution in [2.75, 3.05) is 49.3 Å². The third-order valence-corrected chi connectivity index (χ3v) is 19.3. The zero-order valence-electron chi connectivity index (χ0n) is 27.4. The van der Waals surface area contributed by atoms with Crippen molar-refractivity contribution in [1.29, 1.82) is 0 Å². The number of carbonyl (C=O) groups excluding carboxylic acids is 1. The highest BCUT2D eigenvalue weighted by molar-refractivity contribution is 6.85. The number of hydrogen-bond acceptors (Lipinski definition) is 9. The molecule has 0 saturated carbocycles. The largest absolute Gasteiger partial charge is 0.678 e. The molecule has 0 fully saturated rings. The van der Waals surface area contributed by atoms with Gasteiger partial charge in [0.1, 0.15) is 0 Å². The van der Waals surface area contributed by atoms with Crippen molar-refractivity contribution in [2.24, 2.45) is 0 Å². The number of ether oxygens (including phenoxy) is 1. The summed E-state index contributed by atoms with van der Waals surface area (Å²) in [6.45, 7) is 25.9.